The third-order valence-corrected chi connectivity index (χ3v) is 9.21. The van der Waals surface area contributed by atoms with Crippen LogP contribution >= 0.6 is 23.1 Å². The van der Waals surface area contributed by atoms with E-state index in [1.807, 2.05) is 60.9 Å². The number of nitro benzene ring substituents is 1. The Bertz CT molecular complexity index is 2240. The number of rotatable bonds is 9. The molecular weight excluding hydrogens is 651 g/mol. The molecule has 2 heterocycles. The van der Waals surface area contributed by atoms with E-state index in [9.17, 15) is 24.5 Å². The maximum absolute atomic E-state index is 14.1. The number of thioether (sulfide) groups is 1. The van der Waals surface area contributed by atoms with E-state index in [-0.39, 0.29) is 34.7 Å². The monoisotopic (exact) mass is 677 g/mol. The zero-order chi connectivity index (χ0) is 33.8. The Labute approximate surface area is 282 Å². The molecular formula is C36H27N3O7S2. The van der Waals surface area contributed by atoms with Crippen molar-refractivity contribution in [2.45, 2.75) is 17.9 Å². The third-order valence-electron chi connectivity index (χ3n) is 7.49. The lowest BCUT2D eigenvalue weighted by Crippen LogP contribution is -2.40. The molecule has 0 aliphatic carbocycles. The van der Waals surface area contributed by atoms with Crippen LogP contribution in [0.25, 0.3) is 11.8 Å². The molecule has 0 bridgehead atoms. The van der Waals surface area contributed by atoms with Gasteiger partial charge in [0.05, 0.1) is 38.9 Å². The molecule has 0 saturated heterocycles. The molecule has 1 atom stereocenters. The van der Waals surface area contributed by atoms with Gasteiger partial charge in [0.25, 0.3) is 11.2 Å². The Morgan fingerprint density at radius 2 is 1.71 bits per heavy atom. The minimum atomic E-state index is -0.788. The van der Waals surface area contributed by atoms with Gasteiger partial charge in [-0.05, 0) is 60.7 Å². The number of benzene rings is 4. The third kappa shape index (κ3) is 6.61. The maximum Gasteiger partial charge on any atom is 0.343 e. The second kappa shape index (κ2) is 14.0. The number of carbonyl (C=O) groups is 2. The fourth-order valence-electron chi connectivity index (χ4n) is 5.24. The Morgan fingerprint density at radius 1 is 0.979 bits per heavy atom. The summed E-state index contributed by atoms with van der Waals surface area (Å²) in [7, 11) is 0. The first-order chi connectivity index (χ1) is 23.3. The summed E-state index contributed by atoms with van der Waals surface area (Å²) in [6.45, 7) is 1.89. The van der Waals surface area contributed by atoms with Gasteiger partial charge in [-0.3, -0.25) is 19.5 Å². The summed E-state index contributed by atoms with van der Waals surface area (Å²) in [5.74, 6) is -1.06. The van der Waals surface area contributed by atoms with Crippen LogP contribution in [0.2, 0.25) is 0 Å². The second-order valence-corrected chi connectivity index (χ2v) is 12.4. The highest BCUT2D eigenvalue weighted by molar-refractivity contribution is 7.98. The molecule has 1 aliphatic heterocycles. The Morgan fingerprint density at radius 3 is 2.38 bits per heavy atom. The summed E-state index contributed by atoms with van der Waals surface area (Å²) < 4.78 is 12.9. The van der Waals surface area contributed by atoms with Crippen LogP contribution in [0.1, 0.15) is 40.0 Å². The second-order valence-electron chi connectivity index (χ2n) is 10.5. The normalized spacial score (nSPS) is 14.2. The number of hydrogen-bond acceptors (Lipinski definition) is 10. The van der Waals surface area contributed by atoms with Gasteiger partial charge in [-0.25, -0.2) is 14.6 Å². The molecule has 0 spiro atoms. The molecule has 0 amide bonds. The van der Waals surface area contributed by atoms with Gasteiger partial charge in [-0.1, -0.05) is 72.0 Å². The Balaban J connectivity index is 1.41. The minimum absolute atomic E-state index is 0.0455. The Hall–Kier alpha value is -5.59. The molecule has 0 saturated carbocycles. The number of aromatic nitrogens is 1. The van der Waals surface area contributed by atoms with Crippen molar-refractivity contribution in [3.63, 3.8) is 0 Å². The highest BCUT2D eigenvalue weighted by atomic mass is 32.2. The first kappa shape index (κ1) is 32.4. The Kier molecular flexibility index (Phi) is 9.46. The lowest BCUT2D eigenvalue weighted by atomic mass is 9.93. The van der Waals surface area contributed by atoms with Crippen molar-refractivity contribution in [2.75, 3.05) is 12.9 Å². The van der Waals surface area contributed by atoms with Crippen LogP contribution in [0.5, 0.6) is 5.75 Å². The van der Waals surface area contributed by atoms with Crippen molar-refractivity contribution in [1.29, 1.82) is 0 Å². The van der Waals surface area contributed by atoms with Gasteiger partial charge in [0.2, 0.25) is 0 Å². The van der Waals surface area contributed by atoms with Gasteiger partial charge >= 0.3 is 11.9 Å². The summed E-state index contributed by atoms with van der Waals surface area (Å²) in [4.78, 5) is 57.2. The molecule has 0 unspecified atom stereocenters. The van der Waals surface area contributed by atoms with Crippen LogP contribution in [0.4, 0.5) is 5.69 Å². The van der Waals surface area contributed by atoms with Crippen molar-refractivity contribution in [3.8, 4) is 5.75 Å². The van der Waals surface area contributed by atoms with Gasteiger partial charge in [-0.15, -0.1) is 11.8 Å². The van der Waals surface area contributed by atoms with Gasteiger partial charge in [0.15, 0.2) is 4.80 Å². The van der Waals surface area contributed by atoms with E-state index in [0.29, 0.717) is 20.6 Å². The van der Waals surface area contributed by atoms with Crippen LogP contribution in [-0.2, 0) is 9.53 Å². The zero-order valence-electron chi connectivity index (χ0n) is 25.7. The predicted octanol–water partition coefficient (Wildman–Crippen LogP) is 5.78. The summed E-state index contributed by atoms with van der Waals surface area (Å²) in [6.07, 6.45) is 3.68. The lowest BCUT2D eigenvalue weighted by Gasteiger charge is -2.26. The molecule has 10 nitrogen and oxygen atoms in total. The number of ether oxygens (including phenoxy) is 2. The minimum Gasteiger partial charge on any atom is -0.463 e. The summed E-state index contributed by atoms with van der Waals surface area (Å²) in [6, 6.07) is 28.1. The molecule has 0 fully saturated rings. The van der Waals surface area contributed by atoms with Crippen LogP contribution in [0.3, 0.4) is 0 Å². The molecule has 1 aromatic heterocycles. The smallest absolute Gasteiger partial charge is 0.343 e. The molecule has 1 aliphatic rings. The van der Waals surface area contributed by atoms with Crippen molar-refractivity contribution in [3.05, 3.63) is 161 Å². The summed E-state index contributed by atoms with van der Waals surface area (Å²) in [5.41, 5.74) is 2.33. The number of carbonyl (C=O) groups excluding carboxylic acids is 2. The van der Waals surface area contributed by atoms with E-state index in [1.165, 1.54) is 29.5 Å². The van der Waals surface area contributed by atoms with Crippen LogP contribution < -0.4 is 19.6 Å². The van der Waals surface area contributed by atoms with Crippen LogP contribution in [0, 0.1) is 10.1 Å². The number of thiazole rings is 1. The molecule has 4 aromatic carbocycles. The number of nitro groups is 1. The van der Waals surface area contributed by atoms with E-state index in [4.69, 9.17) is 14.5 Å². The maximum atomic E-state index is 14.1. The standard InChI is InChI=1S/C36H27N3O7S2/c1-3-45-35(42)30-31(23-8-5-4-6-9-23)37-36-38(32(30)24-14-18-28(47-2)19-15-24)33(40)29(48-36)20-22-12-16-27(17-13-22)46-34(41)25-10-7-11-26(21-25)39(43)44/h4-21,32H,3H2,1-2H3/b29-20-/t32-/m1/s1. The topological polar surface area (TPSA) is 130 Å². The van der Waals surface area contributed by atoms with Crippen LogP contribution in [-0.4, -0.2) is 34.3 Å². The fourth-order valence-corrected chi connectivity index (χ4v) is 6.65. The SMILES string of the molecule is CCOC(=O)C1=C(c2ccccc2)N=c2s/c(=C\c3ccc(OC(=O)c4cccc([N+](=O)[O-])c4)cc3)c(=O)n2[C@@H]1c1ccc(SC)cc1. The van der Waals surface area contributed by atoms with E-state index in [1.54, 1.807) is 53.6 Å². The average Bonchev–Trinajstić information content (AvgIpc) is 3.42. The summed E-state index contributed by atoms with van der Waals surface area (Å²) in [5, 5.41) is 11.1. The first-order valence-corrected chi connectivity index (χ1v) is 16.8. The van der Waals surface area contributed by atoms with E-state index >= 15 is 0 Å². The predicted molar refractivity (Wildman–Crippen MR) is 184 cm³/mol. The van der Waals surface area contributed by atoms with E-state index in [2.05, 4.69) is 0 Å². The van der Waals surface area contributed by atoms with Gasteiger partial charge in [-0.2, -0.15) is 0 Å². The number of fused-ring (bicyclic) bond motifs is 1. The lowest BCUT2D eigenvalue weighted by molar-refractivity contribution is -0.384. The number of esters is 2. The highest BCUT2D eigenvalue weighted by Gasteiger charge is 2.35. The zero-order valence-corrected chi connectivity index (χ0v) is 27.3. The van der Waals surface area contributed by atoms with Gasteiger partial charge in [0, 0.05) is 22.6 Å². The van der Waals surface area contributed by atoms with Gasteiger partial charge in [0.1, 0.15) is 5.75 Å². The van der Waals surface area contributed by atoms with Gasteiger partial charge < -0.3 is 9.47 Å². The molecule has 240 valence electrons. The molecule has 0 radical (unpaired) electrons. The number of non-ortho nitro benzene ring substituents is 1. The van der Waals surface area contributed by atoms with Crippen molar-refractivity contribution < 1.29 is 24.0 Å². The fraction of sp³-hybridized carbons (Fsp3) is 0.111. The van der Waals surface area contributed by atoms with Crippen molar-refractivity contribution >= 4 is 52.5 Å². The molecule has 0 N–H and O–H groups in total. The molecule has 6 rings (SSSR count). The van der Waals surface area contributed by atoms with E-state index in [0.717, 1.165) is 22.1 Å². The highest BCUT2D eigenvalue weighted by Crippen LogP contribution is 2.35. The molecule has 48 heavy (non-hydrogen) atoms. The van der Waals surface area contributed by atoms with Crippen LogP contribution in [0.15, 0.2) is 123 Å². The molecule has 12 heteroatoms. The number of nitrogens with zero attached hydrogens (tertiary/aromatic N) is 3. The largest absolute Gasteiger partial charge is 0.463 e. The quantitative estimate of drug-likeness (QED) is 0.0631. The molecule has 5 aromatic rings. The summed E-state index contributed by atoms with van der Waals surface area (Å²) >= 11 is 2.79. The van der Waals surface area contributed by atoms with E-state index < -0.39 is 22.9 Å². The first-order valence-electron chi connectivity index (χ1n) is 14.8. The van der Waals surface area contributed by atoms with Crippen molar-refractivity contribution in [2.24, 2.45) is 4.99 Å². The number of hydrogen-bond donors (Lipinski definition) is 0. The average molecular weight is 678 g/mol. The van der Waals surface area contributed by atoms with Crippen molar-refractivity contribution in [1.82, 2.24) is 4.57 Å².